The number of hydrogen-bond donors (Lipinski definition) is 1. The highest BCUT2D eigenvalue weighted by molar-refractivity contribution is 7.10. The molecule has 5 nitrogen and oxygen atoms in total. The number of aromatic nitrogens is 1. The third-order valence-corrected chi connectivity index (χ3v) is 5.60. The number of nitrogens with zero attached hydrogens (tertiary/aromatic N) is 3. The van der Waals surface area contributed by atoms with Crippen molar-refractivity contribution < 1.29 is 4.74 Å². The van der Waals surface area contributed by atoms with E-state index in [1.54, 1.807) is 30.6 Å². The fourth-order valence-electron chi connectivity index (χ4n) is 3.36. The van der Waals surface area contributed by atoms with E-state index in [9.17, 15) is 5.26 Å². The van der Waals surface area contributed by atoms with Gasteiger partial charge in [-0.05, 0) is 38.0 Å². The first-order valence-electron chi connectivity index (χ1n) is 8.62. The highest BCUT2D eigenvalue weighted by Crippen LogP contribution is 2.47. The SMILES string of the molecule is [C-]#[N+]C1=C(C)NC(CC)=C(c2nc(C)cs2)C1c1ccc(C#N)cc1OC. The number of dihydropyridines is 1. The second-order valence-corrected chi connectivity index (χ2v) is 7.15. The number of rotatable bonds is 4. The van der Waals surface area contributed by atoms with E-state index < -0.39 is 0 Å². The number of benzene rings is 1. The van der Waals surface area contributed by atoms with Gasteiger partial charge in [-0.3, -0.25) is 0 Å². The Morgan fingerprint density at radius 2 is 2.19 bits per heavy atom. The van der Waals surface area contributed by atoms with Gasteiger partial charge in [0, 0.05) is 28.0 Å². The fourth-order valence-corrected chi connectivity index (χ4v) is 4.26. The van der Waals surface area contributed by atoms with Crippen LogP contribution in [0.1, 0.15) is 48.0 Å². The van der Waals surface area contributed by atoms with Crippen molar-refractivity contribution in [2.45, 2.75) is 33.1 Å². The summed E-state index contributed by atoms with van der Waals surface area (Å²) in [5.41, 5.74) is 5.89. The molecule has 0 saturated heterocycles. The van der Waals surface area contributed by atoms with Crippen LogP contribution in [-0.2, 0) is 0 Å². The molecule has 1 aliphatic rings. The normalized spacial score (nSPS) is 16.6. The molecule has 0 saturated carbocycles. The van der Waals surface area contributed by atoms with Crippen LogP contribution in [0.5, 0.6) is 5.75 Å². The van der Waals surface area contributed by atoms with E-state index in [-0.39, 0.29) is 5.92 Å². The molecule has 27 heavy (non-hydrogen) atoms. The van der Waals surface area contributed by atoms with Crippen molar-refractivity contribution >= 4 is 16.9 Å². The van der Waals surface area contributed by atoms with E-state index in [1.807, 2.05) is 25.3 Å². The Labute approximate surface area is 163 Å². The van der Waals surface area contributed by atoms with Gasteiger partial charge in [-0.2, -0.15) is 5.26 Å². The molecule has 6 heteroatoms. The van der Waals surface area contributed by atoms with Crippen molar-refractivity contribution in [2.24, 2.45) is 0 Å². The fraction of sp³-hybridized carbons (Fsp3) is 0.286. The molecule has 1 atom stereocenters. The van der Waals surface area contributed by atoms with Crippen LogP contribution in [0.25, 0.3) is 10.4 Å². The summed E-state index contributed by atoms with van der Waals surface area (Å²) < 4.78 is 5.59. The van der Waals surface area contributed by atoms with Crippen LogP contribution in [0.15, 0.2) is 40.7 Å². The Balaban J connectivity index is 2.30. The van der Waals surface area contributed by atoms with Crippen molar-refractivity contribution in [1.82, 2.24) is 10.3 Å². The minimum Gasteiger partial charge on any atom is -0.496 e. The number of methoxy groups -OCH3 is 1. The van der Waals surface area contributed by atoms with Crippen molar-refractivity contribution in [1.29, 1.82) is 5.26 Å². The van der Waals surface area contributed by atoms with Crippen LogP contribution >= 0.6 is 11.3 Å². The van der Waals surface area contributed by atoms with Crippen molar-refractivity contribution in [2.75, 3.05) is 7.11 Å². The molecule has 1 N–H and O–H groups in total. The zero-order valence-corrected chi connectivity index (χ0v) is 16.6. The Morgan fingerprint density at radius 1 is 1.41 bits per heavy atom. The van der Waals surface area contributed by atoms with Crippen LogP contribution in [-0.4, -0.2) is 12.1 Å². The lowest BCUT2D eigenvalue weighted by Crippen LogP contribution is -2.24. The highest BCUT2D eigenvalue weighted by Gasteiger charge is 2.34. The number of allylic oxidation sites excluding steroid dienone is 3. The third-order valence-electron chi connectivity index (χ3n) is 4.61. The van der Waals surface area contributed by atoms with E-state index in [2.05, 4.69) is 23.2 Å². The topological polar surface area (TPSA) is 62.3 Å². The quantitative estimate of drug-likeness (QED) is 0.764. The summed E-state index contributed by atoms with van der Waals surface area (Å²) in [4.78, 5) is 8.54. The number of hydrogen-bond acceptors (Lipinski definition) is 5. The first-order valence-corrected chi connectivity index (χ1v) is 9.50. The maximum Gasteiger partial charge on any atom is 0.195 e. The van der Waals surface area contributed by atoms with Crippen molar-refractivity contribution in [3.05, 3.63) is 73.9 Å². The van der Waals surface area contributed by atoms with Crippen LogP contribution in [0.4, 0.5) is 0 Å². The first kappa shape index (κ1) is 18.7. The van der Waals surface area contributed by atoms with Gasteiger partial charge in [0.15, 0.2) is 5.70 Å². The summed E-state index contributed by atoms with van der Waals surface area (Å²) in [5.74, 6) is 0.322. The lowest BCUT2D eigenvalue weighted by atomic mass is 9.83. The summed E-state index contributed by atoms with van der Waals surface area (Å²) in [6.07, 6.45) is 0.797. The van der Waals surface area contributed by atoms with Crippen LogP contribution in [0.2, 0.25) is 0 Å². The Kier molecular flexibility index (Phi) is 5.30. The van der Waals surface area contributed by atoms with Gasteiger partial charge in [-0.15, -0.1) is 11.3 Å². The standard InChI is InChI=1S/C21H20N4OS/c1-6-16-19(21-24-12(2)11-27-21)18(20(23-4)13(3)25-16)15-8-7-14(10-22)9-17(15)26-5/h7-9,11,18,25H,6H2,1-3,5H3. The van der Waals surface area contributed by atoms with E-state index in [4.69, 9.17) is 16.3 Å². The zero-order valence-electron chi connectivity index (χ0n) is 15.8. The lowest BCUT2D eigenvalue weighted by Gasteiger charge is -2.30. The molecule has 0 fully saturated rings. The third kappa shape index (κ3) is 3.32. The molecule has 1 aromatic heterocycles. The summed E-state index contributed by atoms with van der Waals surface area (Å²) in [6, 6.07) is 7.53. The maximum atomic E-state index is 9.22. The predicted octanol–water partition coefficient (Wildman–Crippen LogP) is 4.99. The molecule has 1 aliphatic heterocycles. The largest absolute Gasteiger partial charge is 0.496 e. The Morgan fingerprint density at radius 3 is 2.74 bits per heavy atom. The molecule has 0 amide bonds. The summed E-state index contributed by atoms with van der Waals surface area (Å²) in [6.45, 7) is 13.8. The van der Waals surface area contributed by atoms with Gasteiger partial charge in [0.2, 0.25) is 0 Å². The van der Waals surface area contributed by atoms with Crippen LogP contribution < -0.4 is 10.1 Å². The summed E-state index contributed by atoms with van der Waals surface area (Å²) in [7, 11) is 1.59. The Hall–Kier alpha value is -3.09. The molecule has 0 bridgehead atoms. The second kappa shape index (κ2) is 7.65. The number of ether oxygens (including phenoxy) is 1. The second-order valence-electron chi connectivity index (χ2n) is 6.29. The van der Waals surface area contributed by atoms with E-state index >= 15 is 0 Å². The lowest BCUT2D eigenvalue weighted by molar-refractivity contribution is 0.409. The molecule has 0 spiro atoms. The molecule has 3 rings (SSSR count). The smallest absolute Gasteiger partial charge is 0.195 e. The molecule has 0 aliphatic carbocycles. The monoisotopic (exact) mass is 376 g/mol. The van der Waals surface area contributed by atoms with Crippen LogP contribution in [0.3, 0.4) is 0 Å². The van der Waals surface area contributed by atoms with Gasteiger partial charge >= 0.3 is 0 Å². The maximum absolute atomic E-state index is 9.22. The number of nitriles is 1. The average Bonchev–Trinajstić information content (AvgIpc) is 3.12. The minimum absolute atomic E-state index is 0.285. The Bertz CT molecular complexity index is 1030. The molecular weight excluding hydrogens is 356 g/mol. The van der Waals surface area contributed by atoms with E-state index in [0.717, 1.165) is 39.7 Å². The molecule has 0 radical (unpaired) electrons. The number of nitrogens with one attached hydrogen (secondary N) is 1. The van der Waals surface area contributed by atoms with Crippen LogP contribution in [0, 0.1) is 24.8 Å². The number of aryl methyl sites for hydroxylation is 1. The minimum atomic E-state index is -0.285. The molecule has 1 unspecified atom stereocenters. The van der Waals surface area contributed by atoms with Gasteiger partial charge in [0.25, 0.3) is 0 Å². The summed E-state index contributed by atoms with van der Waals surface area (Å²) >= 11 is 1.58. The molecular formula is C21H20N4OS. The molecule has 2 aromatic rings. The molecule has 136 valence electrons. The highest BCUT2D eigenvalue weighted by atomic mass is 32.1. The van der Waals surface area contributed by atoms with E-state index in [1.165, 1.54) is 0 Å². The number of thiazole rings is 1. The van der Waals surface area contributed by atoms with Crippen molar-refractivity contribution in [3.63, 3.8) is 0 Å². The summed E-state index contributed by atoms with van der Waals surface area (Å²) in [5, 5.41) is 15.5. The average molecular weight is 376 g/mol. The van der Waals surface area contributed by atoms with Gasteiger partial charge in [-0.25, -0.2) is 9.83 Å². The molecule has 2 heterocycles. The van der Waals surface area contributed by atoms with E-state index in [0.29, 0.717) is 17.0 Å². The molecule has 1 aromatic carbocycles. The first-order chi connectivity index (χ1) is 13.0. The van der Waals surface area contributed by atoms with Gasteiger partial charge in [0.05, 0.1) is 31.2 Å². The van der Waals surface area contributed by atoms with Crippen molar-refractivity contribution in [3.8, 4) is 11.8 Å². The zero-order chi connectivity index (χ0) is 19.6. The van der Waals surface area contributed by atoms with Gasteiger partial charge in [0.1, 0.15) is 10.8 Å². The van der Waals surface area contributed by atoms with Gasteiger partial charge in [-0.1, -0.05) is 13.0 Å². The van der Waals surface area contributed by atoms with Gasteiger partial charge < -0.3 is 10.1 Å². The predicted molar refractivity (Wildman–Crippen MR) is 107 cm³/mol.